The topological polar surface area (TPSA) is 136 Å². The molecule has 2 amide bonds. The van der Waals surface area contributed by atoms with Crippen LogP contribution in [0.15, 0.2) is 12.1 Å². The number of phenols is 1. The normalized spacial score (nSPS) is 15.8. The SMILES string of the molecule is N[C@@H](c1cc(Cl)c(Cl)cc1O)C1CCN(C(=O)NCCO)CC1.O=C(O)C(F)(F)F. The highest BCUT2D eigenvalue weighted by atomic mass is 35.5. The van der Waals surface area contributed by atoms with Gasteiger partial charge in [-0.2, -0.15) is 13.2 Å². The second kappa shape index (κ2) is 11.4. The lowest BCUT2D eigenvalue weighted by Crippen LogP contribution is -2.46. The van der Waals surface area contributed by atoms with E-state index in [1.807, 2.05) is 0 Å². The van der Waals surface area contributed by atoms with E-state index in [1.54, 1.807) is 11.0 Å². The zero-order chi connectivity index (χ0) is 23.1. The van der Waals surface area contributed by atoms with E-state index in [1.165, 1.54) is 6.07 Å². The third-order valence-electron chi connectivity index (χ3n) is 4.39. The molecule has 0 radical (unpaired) electrons. The molecule has 0 spiro atoms. The molecule has 0 unspecified atom stereocenters. The fraction of sp³-hybridized carbons (Fsp3) is 0.529. The number of likely N-dealkylation sites (tertiary alicyclic amines) is 1. The summed E-state index contributed by atoms with van der Waals surface area (Å²) >= 11 is 11.9. The lowest BCUT2D eigenvalue weighted by Gasteiger charge is -2.35. The summed E-state index contributed by atoms with van der Waals surface area (Å²) in [5.41, 5.74) is 6.85. The molecule has 1 aromatic rings. The van der Waals surface area contributed by atoms with Crippen LogP contribution in [0, 0.1) is 5.92 Å². The molecule has 1 aliphatic heterocycles. The molecule has 0 aliphatic carbocycles. The van der Waals surface area contributed by atoms with E-state index in [0.29, 0.717) is 23.7 Å². The Morgan fingerprint density at radius 1 is 1.23 bits per heavy atom. The fourth-order valence-corrected chi connectivity index (χ4v) is 3.14. The van der Waals surface area contributed by atoms with Crippen LogP contribution in [0.4, 0.5) is 18.0 Å². The van der Waals surface area contributed by atoms with E-state index in [4.69, 9.17) is 43.9 Å². The summed E-state index contributed by atoms with van der Waals surface area (Å²) in [7, 11) is 0. The van der Waals surface area contributed by atoms with Crippen LogP contribution >= 0.6 is 23.2 Å². The quantitative estimate of drug-likeness (QED) is 0.454. The first-order valence-electron chi connectivity index (χ1n) is 8.75. The Hall–Kier alpha value is -1.95. The van der Waals surface area contributed by atoms with Gasteiger partial charge in [-0.3, -0.25) is 0 Å². The zero-order valence-electron chi connectivity index (χ0n) is 15.6. The maximum atomic E-state index is 11.8. The van der Waals surface area contributed by atoms with Crippen molar-refractivity contribution in [2.45, 2.75) is 25.1 Å². The largest absolute Gasteiger partial charge is 0.508 e. The maximum absolute atomic E-state index is 11.8. The fourth-order valence-electron chi connectivity index (χ4n) is 2.81. The van der Waals surface area contributed by atoms with E-state index in [0.717, 1.165) is 12.8 Å². The van der Waals surface area contributed by atoms with Crippen LogP contribution in [0.3, 0.4) is 0 Å². The minimum Gasteiger partial charge on any atom is -0.508 e. The number of nitrogens with one attached hydrogen (secondary N) is 1. The van der Waals surface area contributed by atoms with E-state index in [2.05, 4.69) is 5.32 Å². The molecule has 0 aromatic heterocycles. The van der Waals surface area contributed by atoms with Gasteiger partial charge in [0.05, 0.1) is 16.7 Å². The lowest BCUT2D eigenvalue weighted by molar-refractivity contribution is -0.192. The lowest BCUT2D eigenvalue weighted by atomic mass is 9.85. The molecule has 1 aromatic carbocycles. The number of alkyl halides is 3. The molecule has 2 rings (SSSR count). The average Bonchev–Trinajstić information content (AvgIpc) is 2.68. The molecule has 1 saturated heterocycles. The Bertz CT molecular complexity index is 744. The number of rotatable bonds is 4. The van der Waals surface area contributed by atoms with Crippen molar-refractivity contribution in [1.82, 2.24) is 10.2 Å². The number of phenolic OH excluding ortho intramolecular Hbond substituents is 1. The van der Waals surface area contributed by atoms with Gasteiger partial charge in [0.15, 0.2) is 0 Å². The molecule has 30 heavy (non-hydrogen) atoms. The summed E-state index contributed by atoms with van der Waals surface area (Å²) in [5.74, 6) is -2.58. The van der Waals surface area contributed by atoms with E-state index >= 15 is 0 Å². The van der Waals surface area contributed by atoms with Gasteiger partial charge in [-0.05, 0) is 24.8 Å². The van der Waals surface area contributed by atoms with Crippen LogP contribution in [-0.2, 0) is 4.79 Å². The third-order valence-corrected chi connectivity index (χ3v) is 5.12. The Morgan fingerprint density at radius 2 is 1.73 bits per heavy atom. The third kappa shape index (κ3) is 7.71. The number of aliphatic hydroxyl groups excluding tert-OH is 1. The summed E-state index contributed by atoms with van der Waals surface area (Å²) in [4.78, 5) is 22.4. The van der Waals surface area contributed by atoms with Crippen molar-refractivity contribution in [3.8, 4) is 5.75 Å². The van der Waals surface area contributed by atoms with Crippen molar-refractivity contribution >= 4 is 35.2 Å². The first-order valence-corrected chi connectivity index (χ1v) is 9.51. The second-order valence-corrected chi connectivity index (χ2v) is 7.25. The Labute approximate surface area is 180 Å². The Morgan fingerprint density at radius 3 is 2.20 bits per heavy atom. The number of aromatic hydroxyl groups is 1. The summed E-state index contributed by atoms with van der Waals surface area (Å²) in [6, 6.07) is 2.46. The number of aliphatic carboxylic acids is 1. The number of hydrogen-bond donors (Lipinski definition) is 5. The molecule has 13 heteroatoms. The molecule has 1 heterocycles. The van der Waals surface area contributed by atoms with Gasteiger partial charge < -0.3 is 31.3 Å². The minimum absolute atomic E-state index is 0.0371. The maximum Gasteiger partial charge on any atom is 0.490 e. The second-order valence-electron chi connectivity index (χ2n) is 6.43. The van der Waals surface area contributed by atoms with Crippen LogP contribution in [-0.4, -0.2) is 64.6 Å². The monoisotopic (exact) mass is 475 g/mol. The molecule has 0 saturated carbocycles. The summed E-state index contributed by atoms with van der Waals surface area (Å²) in [6.07, 6.45) is -3.62. The van der Waals surface area contributed by atoms with E-state index < -0.39 is 12.1 Å². The van der Waals surface area contributed by atoms with Gasteiger partial charge in [0, 0.05) is 37.3 Å². The van der Waals surface area contributed by atoms with Crippen molar-refractivity contribution in [2.24, 2.45) is 11.7 Å². The van der Waals surface area contributed by atoms with E-state index in [-0.39, 0.29) is 41.9 Å². The number of aliphatic hydroxyl groups is 1. The number of carboxylic acids is 1. The highest BCUT2D eigenvalue weighted by Gasteiger charge is 2.38. The number of piperidine rings is 1. The number of benzene rings is 1. The predicted octanol–water partition coefficient (Wildman–Crippen LogP) is 2.75. The zero-order valence-corrected chi connectivity index (χ0v) is 17.1. The van der Waals surface area contributed by atoms with Crippen LogP contribution in [0.5, 0.6) is 5.75 Å². The minimum atomic E-state index is -5.08. The number of carboxylic acid groups (broad SMARTS) is 1. The summed E-state index contributed by atoms with van der Waals surface area (Å²) in [6.45, 7) is 1.33. The van der Waals surface area contributed by atoms with Crippen molar-refractivity contribution in [1.29, 1.82) is 0 Å². The van der Waals surface area contributed by atoms with Gasteiger partial charge in [0.1, 0.15) is 5.75 Å². The van der Waals surface area contributed by atoms with Crippen LogP contribution < -0.4 is 11.1 Å². The summed E-state index contributed by atoms with van der Waals surface area (Å²) < 4.78 is 31.7. The number of halogens is 5. The smallest absolute Gasteiger partial charge is 0.490 e. The average molecular weight is 476 g/mol. The Balaban J connectivity index is 0.000000553. The number of amides is 2. The van der Waals surface area contributed by atoms with Crippen LogP contribution in [0.25, 0.3) is 0 Å². The van der Waals surface area contributed by atoms with Gasteiger partial charge in [-0.25, -0.2) is 9.59 Å². The number of carbonyl (C=O) groups is 2. The first-order chi connectivity index (χ1) is 13.9. The number of urea groups is 1. The number of nitrogens with zero attached hydrogens (tertiary/aromatic N) is 1. The van der Waals surface area contributed by atoms with Crippen molar-refractivity contribution < 1.29 is 38.1 Å². The van der Waals surface area contributed by atoms with Gasteiger partial charge >= 0.3 is 18.2 Å². The number of carbonyl (C=O) groups excluding carboxylic acids is 1. The summed E-state index contributed by atoms with van der Waals surface area (Å²) in [5, 5.41) is 29.2. The molecule has 8 nitrogen and oxygen atoms in total. The van der Waals surface area contributed by atoms with E-state index in [9.17, 15) is 23.1 Å². The molecule has 0 bridgehead atoms. The van der Waals surface area contributed by atoms with Crippen molar-refractivity contribution in [3.63, 3.8) is 0 Å². The van der Waals surface area contributed by atoms with Crippen LogP contribution in [0.1, 0.15) is 24.4 Å². The van der Waals surface area contributed by atoms with Crippen molar-refractivity contribution in [2.75, 3.05) is 26.2 Å². The molecule has 6 N–H and O–H groups in total. The van der Waals surface area contributed by atoms with Gasteiger partial charge in [-0.1, -0.05) is 23.2 Å². The number of hydrogen-bond acceptors (Lipinski definition) is 5. The molecule has 1 fully saturated rings. The first kappa shape index (κ1) is 26.1. The van der Waals surface area contributed by atoms with Gasteiger partial charge in [0.2, 0.25) is 0 Å². The van der Waals surface area contributed by atoms with Gasteiger partial charge in [0.25, 0.3) is 0 Å². The molecular weight excluding hydrogens is 454 g/mol. The highest BCUT2D eigenvalue weighted by Crippen LogP contribution is 2.37. The van der Waals surface area contributed by atoms with Crippen LogP contribution in [0.2, 0.25) is 10.0 Å². The standard InChI is InChI=1S/C15H21Cl2N3O3.C2HF3O2/c16-11-7-10(13(22)8-12(11)17)14(18)9-1-4-20(5-2-9)15(23)19-3-6-21;3-2(4,5)1(6)7/h7-9,14,21-22H,1-6,18H2,(H,19,23);(H,6,7)/t14-;/m1./s1. The highest BCUT2D eigenvalue weighted by molar-refractivity contribution is 6.42. The number of nitrogens with two attached hydrogens (primary N) is 1. The van der Waals surface area contributed by atoms with Gasteiger partial charge in [-0.15, -0.1) is 0 Å². The molecular formula is C17H22Cl2F3N3O5. The molecule has 1 aliphatic rings. The Kier molecular flexibility index (Phi) is 9.95. The molecule has 1 atom stereocenters. The predicted molar refractivity (Wildman–Crippen MR) is 104 cm³/mol. The van der Waals surface area contributed by atoms with Crippen molar-refractivity contribution in [3.05, 3.63) is 27.7 Å². The molecule has 170 valence electrons.